The molecule has 3 heterocycles. The molecule has 0 spiro atoms. The lowest BCUT2D eigenvalue weighted by Gasteiger charge is -1.94. The van der Waals surface area contributed by atoms with Gasteiger partial charge < -0.3 is 9.73 Å². The van der Waals surface area contributed by atoms with E-state index in [1.165, 1.54) is 47.0 Å². The summed E-state index contributed by atoms with van der Waals surface area (Å²) in [7, 11) is 0. The number of para-hydroxylation sites is 1. The lowest BCUT2D eigenvalue weighted by Crippen LogP contribution is -2.19. The number of nitro groups is 1. The SMILES string of the molecule is O=C1NC(=Nc2ccccc2)S/C1=C\c1ccc(Sc2nc3ccc([N+](=O)[O-])cc3s2)o1. The highest BCUT2D eigenvalue weighted by molar-refractivity contribution is 8.18. The van der Waals surface area contributed by atoms with Crippen molar-refractivity contribution in [1.82, 2.24) is 10.3 Å². The maximum absolute atomic E-state index is 12.3. The maximum atomic E-state index is 12.3. The van der Waals surface area contributed by atoms with Crippen LogP contribution in [-0.4, -0.2) is 21.0 Å². The van der Waals surface area contributed by atoms with Gasteiger partial charge in [0.2, 0.25) is 0 Å². The summed E-state index contributed by atoms with van der Waals surface area (Å²) >= 11 is 3.92. The van der Waals surface area contributed by atoms with E-state index in [4.69, 9.17) is 4.42 Å². The number of rotatable bonds is 5. The fourth-order valence-electron chi connectivity index (χ4n) is 2.83. The molecule has 0 saturated carbocycles. The van der Waals surface area contributed by atoms with Crippen LogP contribution >= 0.6 is 34.9 Å². The number of hydrogen-bond acceptors (Lipinski definition) is 9. The van der Waals surface area contributed by atoms with Gasteiger partial charge in [0.05, 0.1) is 25.7 Å². The molecule has 0 aliphatic carbocycles. The number of amidine groups is 1. The zero-order valence-electron chi connectivity index (χ0n) is 16.1. The normalized spacial score (nSPS) is 16.2. The van der Waals surface area contributed by atoms with Gasteiger partial charge in [-0.15, -0.1) is 11.3 Å². The first-order valence-electron chi connectivity index (χ1n) is 9.21. The molecule has 1 aliphatic heterocycles. The fourth-order valence-corrected chi connectivity index (χ4v) is 5.66. The maximum Gasteiger partial charge on any atom is 0.270 e. The monoisotopic (exact) mass is 480 g/mol. The van der Waals surface area contributed by atoms with Gasteiger partial charge in [0, 0.05) is 18.2 Å². The summed E-state index contributed by atoms with van der Waals surface area (Å²) in [6, 6.07) is 17.5. The second kappa shape index (κ2) is 8.61. The molecule has 1 amide bonds. The van der Waals surface area contributed by atoms with Crippen molar-refractivity contribution in [3.05, 3.63) is 81.4 Å². The lowest BCUT2D eigenvalue weighted by atomic mass is 10.3. The molecule has 1 fully saturated rings. The van der Waals surface area contributed by atoms with Crippen LogP contribution in [0.2, 0.25) is 0 Å². The first kappa shape index (κ1) is 20.5. The molecule has 8 nitrogen and oxygen atoms in total. The number of carbonyl (C=O) groups excluding carboxylic acids is 1. The van der Waals surface area contributed by atoms with Crippen LogP contribution in [0, 0.1) is 10.1 Å². The largest absolute Gasteiger partial charge is 0.450 e. The zero-order valence-corrected chi connectivity index (χ0v) is 18.5. The Labute approximate surface area is 193 Å². The van der Waals surface area contributed by atoms with Crippen LogP contribution in [0.5, 0.6) is 0 Å². The number of nitro benzene ring substituents is 1. The molecule has 1 N–H and O–H groups in total. The number of nitrogens with one attached hydrogen (secondary N) is 1. The number of fused-ring (bicyclic) bond motifs is 1. The topological polar surface area (TPSA) is 111 Å². The molecule has 1 aliphatic rings. The van der Waals surface area contributed by atoms with Crippen LogP contribution in [0.25, 0.3) is 16.3 Å². The van der Waals surface area contributed by atoms with Crippen LogP contribution in [0.3, 0.4) is 0 Å². The quantitative estimate of drug-likeness (QED) is 0.217. The Hall–Kier alpha value is -3.41. The highest BCUT2D eigenvalue weighted by Crippen LogP contribution is 2.37. The van der Waals surface area contributed by atoms with E-state index in [1.807, 2.05) is 30.3 Å². The van der Waals surface area contributed by atoms with Gasteiger partial charge in [-0.3, -0.25) is 14.9 Å². The van der Waals surface area contributed by atoms with E-state index in [2.05, 4.69) is 15.3 Å². The number of aliphatic imine (C=N–C) groups is 1. The number of non-ortho nitro benzene ring substituents is 1. The average molecular weight is 481 g/mol. The second-order valence-corrected chi connectivity index (χ2v) is 9.78. The van der Waals surface area contributed by atoms with Crippen LogP contribution in [0.4, 0.5) is 11.4 Å². The smallest absolute Gasteiger partial charge is 0.270 e. The molecule has 158 valence electrons. The number of aromatic nitrogens is 1. The summed E-state index contributed by atoms with van der Waals surface area (Å²) in [5, 5.41) is 14.8. The predicted molar refractivity (Wildman–Crippen MR) is 126 cm³/mol. The van der Waals surface area contributed by atoms with Gasteiger partial charge >= 0.3 is 0 Å². The summed E-state index contributed by atoms with van der Waals surface area (Å²) < 4.78 is 7.26. The Morgan fingerprint density at radius 2 is 2.00 bits per heavy atom. The van der Waals surface area contributed by atoms with E-state index in [9.17, 15) is 14.9 Å². The van der Waals surface area contributed by atoms with Crippen molar-refractivity contribution in [2.75, 3.05) is 0 Å². The fraction of sp³-hybridized carbons (Fsp3) is 0. The summed E-state index contributed by atoms with van der Waals surface area (Å²) in [5.74, 6) is 0.297. The minimum atomic E-state index is -0.425. The first-order valence-corrected chi connectivity index (χ1v) is 11.7. The zero-order chi connectivity index (χ0) is 22.1. The molecule has 11 heteroatoms. The minimum Gasteiger partial charge on any atom is -0.450 e. The number of hydrogen-bond donors (Lipinski definition) is 1. The van der Waals surface area contributed by atoms with Gasteiger partial charge in [0.1, 0.15) is 5.76 Å². The molecule has 0 radical (unpaired) electrons. The molecule has 1 saturated heterocycles. The predicted octanol–water partition coefficient (Wildman–Crippen LogP) is 5.84. The molecule has 2 aromatic heterocycles. The van der Waals surface area contributed by atoms with Crippen molar-refractivity contribution >= 4 is 73.6 Å². The van der Waals surface area contributed by atoms with E-state index in [0.29, 0.717) is 30.8 Å². The molecule has 32 heavy (non-hydrogen) atoms. The summed E-state index contributed by atoms with van der Waals surface area (Å²) in [5.41, 5.74) is 1.49. The van der Waals surface area contributed by atoms with Gasteiger partial charge in [0.15, 0.2) is 14.6 Å². The minimum absolute atomic E-state index is 0.0344. The molecule has 0 bridgehead atoms. The first-order chi connectivity index (χ1) is 15.5. The van der Waals surface area contributed by atoms with Crippen molar-refractivity contribution in [2.45, 2.75) is 9.43 Å². The third kappa shape index (κ3) is 4.44. The summed E-state index contributed by atoms with van der Waals surface area (Å²) in [6.07, 6.45) is 1.67. The van der Waals surface area contributed by atoms with Crippen LogP contribution in [0.1, 0.15) is 5.76 Å². The van der Waals surface area contributed by atoms with E-state index >= 15 is 0 Å². The Balaban J connectivity index is 1.31. The van der Waals surface area contributed by atoms with Gasteiger partial charge in [-0.25, -0.2) is 9.98 Å². The third-order valence-corrected chi connectivity index (χ3v) is 7.17. The Kier molecular flexibility index (Phi) is 5.52. The summed E-state index contributed by atoms with van der Waals surface area (Å²) in [4.78, 5) is 32.2. The van der Waals surface area contributed by atoms with Gasteiger partial charge in [0.25, 0.3) is 11.6 Å². The highest BCUT2D eigenvalue weighted by atomic mass is 32.2. The summed E-state index contributed by atoms with van der Waals surface area (Å²) in [6.45, 7) is 0. The molecule has 0 unspecified atom stereocenters. The molecular weight excluding hydrogens is 468 g/mol. The van der Waals surface area contributed by atoms with Crippen molar-refractivity contribution in [3.63, 3.8) is 0 Å². The van der Waals surface area contributed by atoms with Crippen LogP contribution in [0.15, 0.2) is 84.4 Å². The van der Waals surface area contributed by atoms with Gasteiger partial charge in [-0.2, -0.15) is 0 Å². The number of amides is 1. The van der Waals surface area contributed by atoms with Crippen molar-refractivity contribution in [3.8, 4) is 0 Å². The van der Waals surface area contributed by atoms with Crippen molar-refractivity contribution in [1.29, 1.82) is 0 Å². The standard InChI is InChI=1S/C21H12N4O4S3/c26-19-17(30-20(24-19)22-12-4-2-1-3-5-12)11-14-7-9-18(29-14)32-21-23-15-8-6-13(25(27)28)10-16(15)31-21/h1-11H,(H,22,24,26)/b17-11-. The molecule has 5 rings (SSSR count). The number of nitrogens with zero attached hydrogens (tertiary/aromatic N) is 3. The molecule has 4 aromatic rings. The van der Waals surface area contributed by atoms with E-state index in [1.54, 1.807) is 24.3 Å². The highest BCUT2D eigenvalue weighted by Gasteiger charge is 2.24. The number of furan rings is 1. The lowest BCUT2D eigenvalue weighted by molar-refractivity contribution is -0.384. The number of benzene rings is 2. The van der Waals surface area contributed by atoms with E-state index in [0.717, 1.165) is 10.4 Å². The number of carbonyl (C=O) groups is 1. The molecule has 0 atom stereocenters. The molecule has 2 aromatic carbocycles. The van der Waals surface area contributed by atoms with E-state index < -0.39 is 4.92 Å². The Morgan fingerprint density at radius 3 is 2.81 bits per heavy atom. The second-order valence-electron chi connectivity index (χ2n) is 6.47. The molecular formula is C21H12N4O4S3. The van der Waals surface area contributed by atoms with Crippen molar-refractivity contribution < 1.29 is 14.1 Å². The number of thiazole rings is 1. The number of thioether (sulfide) groups is 1. The van der Waals surface area contributed by atoms with E-state index in [-0.39, 0.29) is 11.6 Å². The van der Waals surface area contributed by atoms with Gasteiger partial charge in [-0.05, 0) is 53.9 Å². The third-order valence-electron chi connectivity index (χ3n) is 4.26. The van der Waals surface area contributed by atoms with Crippen molar-refractivity contribution in [2.24, 2.45) is 4.99 Å². The van der Waals surface area contributed by atoms with Crippen LogP contribution in [-0.2, 0) is 4.79 Å². The average Bonchev–Trinajstić information content (AvgIpc) is 3.47. The Bertz CT molecular complexity index is 1410. The van der Waals surface area contributed by atoms with Crippen LogP contribution < -0.4 is 5.32 Å². The Morgan fingerprint density at radius 1 is 1.16 bits per heavy atom. The van der Waals surface area contributed by atoms with Gasteiger partial charge in [-0.1, -0.05) is 18.2 Å².